The van der Waals surface area contributed by atoms with Crippen molar-refractivity contribution in [3.8, 4) is 0 Å². The Morgan fingerprint density at radius 2 is 2.00 bits per heavy atom. The zero-order chi connectivity index (χ0) is 11.3. The minimum atomic E-state index is -0.337. The van der Waals surface area contributed by atoms with Gasteiger partial charge in [0.25, 0.3) is 0 Å². The van der Waals surface area contributed by atoms with Gasteiger partial charge >= 0.3 is 0 Å². The largest absolute Gasteiger partial charge is 0.352 e. The molecule has 0 aromatic heterocycles. The molecule has 15 heavy (non-hydrogen) atoms. The molecule has 0 bridgehead atoms. The van der Waals surface area contributed by atoms with Crippen molar-refractivity contribution in [2.24, 2.45) is 11.7 Å². The fraction of sp³-hybridized carbons (Fsp3) is 0.917. The van der Waals surface area contributed by atoms with Crippen LogP contribution in [0, 0.1) is 5.92 Å². The smallest absolute Gasteiger partial charge is 0.237 e. The Labute approximate surface area is 92.8 Å². The van der Waals surface area contributed by atoms with E-state index >= 15 is 0 Å². The van der Waals surface area contributed by atoms with Crippen molar-refractivity contribution in [3.63, 3.8) is 0 Å². The van der Waals surface area contributed by atoms with Crippen molar-refractivity contribution in [2.75, 3.05) is 0 Å². The van der Waals surface area contributed by atoms with Gasteiger partial charge < -0.3 is 11.1 Å². The Morgan fingerprint density at radius 3 is 2.53 bits per heavy atom. The van der Waals surface area contributed by atoms with Crippen molar-refractivity contribution >= 4 is 5.91 Å². The van der Waals surface area contributed by atoms with E-state index in [2.05, 4.69) is 12.2 Å². The van der Waals surface area contributed by atoms with Crippen molar-refractivity contribution in [2.45, 2.75) is 64.5 Å². The van der Waals surface area contributed by atoms with E-state index in [1.165, 1.54) is 32.1 Å². The molecule has 0 heterocycles. The molecule has 88 valence electrons. The normalized spacial score (nSPS) is 22.1. The molecule has 3 heteroatoms. The molecule has 3 nitrogen and oxygen atoms in total. The molecule has 1 amide bonds. The molecular formula is C12H24N2O. The summed E-state index contributed by atoms with van der Waals surface area (Å²) in [5, 5.41) is 3.04. The zero-order valence-electron chi connectivity index (χ0n) is 9.96. The number of carbonyl (C=O) groups excluding carboxylic acids is 1. The van der Waals surface area contributed by atoms with E-state index in [1.54, 1.807) is 0 Å². The maximum atomic E-state index is 11.6. The van der Waals surface area contributed by atoms with Gasteiger partial charge in [-0.1, -0.05) is 26.2 Å². The lowest BCUT2D eigenvalue weighted by Gasteiger charge is -2.29. The predicted octanol–water partition coefficient (Wildman–Crippen LogP) is 1.81. The van der Waals surface area contributed by atoms with Crippen LogP contribution in [0.1, 0.15) is 52.4 Å². The monoisotopic (exact) mass is 212 g/mol. The highest BCUT2D eigenvalue weighted by Crippen LogP contribution is 2.26. The second-order valence-electron chi connectivity index (χ2n) is 4.71. The maximum absolute atomic E-state index is 11.6. The highest BCUT2D eigenvalue weighted by molar-refractivity contribution is 5.81. The van der Waals surface area contributed by atoms with E-state index in [0.29, 0.717) is 12.3 Å². The number of nitrogens with one attached hydrogen (secondary N) is 1. The predicted molar refractivity (Wildman–Crippen MR) is 62.4 cm³/mol. The molecule has 1 saturated carbocycles. The fourth-order valence-corrected chi connectivity index (χ4v) is 2.27. The third kappa shape index (κ3) is 3.82. The van der Waals surface area contributed by atoms with Gasteiger partial charge in [0.15, 0.2) is 0 Å². The zero-order valence-corrected chi connectivity index (χ0v) is 9.96. The van der Waals surface area contributed by atoms with Crippen molar-refractivity contribution in [1.82, 2.24) is 5.32 Å². The minimum absolute atomic E-state index is 0.00979. The molecule has 1 unspecified atom stereocenters. The molecular weight excluding hydrogens is 188 g/mol. The molecule has 1 fully saturated rings. The van der Waals surface area contributed by atoms with Gasteiger partial charge in [0, 0.05) is 6.04 Å². The van der Waals surface area contributed by atoms with E-state index in [4.69, 9.17) is 5.73 Å². The Hall–Kier alpha value is -0.570. The first-order valence-corrected chi connectivity index (χ1v) is 6.21. The summed E-state index contributed by atoms with van der Waals surface area (Å²) in [6, 6.07) is -0.0496. The first kappa shape index (κ1) is 12.5. The lowest BCUT2D eigenvalue weighted by Crippen LogP contribution is -2.46. The molecule has 1 aliphatic carbocycles. The number of amides is 1. The molecule has 0 aliphatic heterocycles. The topological polar surface area (TPSA) is 55.1 Å². The van der Waals surface area contributed by atoms with E-state index in [9.17, 15) is 4.79 Å². The Kier molecular flexibility index (Phi) is 5.09. The average Bonchev–Trinajstić information content (AvgIpc) is 2.29. The van der Waals surface area contributed by atoms with Crippen LogP contribution in [0.25, 0.3) is 0 Å². The van der Waals surface area contributed by atoms with Gasteiger partial charge in [-0.2, -0.15) is 0 Å². The van der Waals surface area contributed by atoms with Crippen LogP contribution >= 0.6 is 0 Å². The van der Waals surface area contributed by atoms with Crippen molar-refractivity contribution < 1.29 is 4.79 Å². The van der Waals surface area contributed by atoms with Gasteiger partial charge in [-0.15, -0.1) is 0 Å². The van der Waals surface area contributed by atoms with Gasteiger partial charge in [0.05, 0.1) is 6.04 Å². The lowest BCUT2D eigenvalue weighted by molar-refractivity contribution is -0.123. The summed E-state index contributed by atoms with van der Waals surface area (Å²) >= 11 is 0. The van der Waals surface area contributed by atoms with Crippen LogP contribution in [0.2, 0.25) is 0 Å². The second-order valence-corrected chi connectivity index (χ2v) is 4.71. The summed E-state index contributed by atoms with van der Waals surface area (Å²) in [4.78, 5) is 11.6. The quantitative estimate of drug-likeness (QED) is 0.746. The van der Waals surface area contributed by atoms with Gasteiger partial charge in [-0.25, -0.2) is 0 Å². The van der Waals surface area contributed by atoms with Gasteiger partial charge in [-0.05, 0) is 32.1 Å². The van der Waals surface area contributed by atoms with Gasteiger partial charge in [0.1, 0.15) is 0 Å². The fourth-order valence-electron chi connectivity index (χ4n) is 2.27. The number of hydrogen-bond acceptors (Lipinski definition) is 2. The standard InChI is InChI=1S/C12H24N2O/c1-3-11(13)12(15)14-9(2)10-7-5-4-6-8-10/h9-11H,3-8,13H2,1-2H3,(H,14,15)/t9?,11-/m0/s1. The molecule has 0 saturated heterocycles. The van der Waals surface area contributed by atoms with Crippen LogP contribution in [0.4, 0.5) is 0 Å². The summed E-state index contributed by atoms with van der Waals surface area (Å²) in [6.07, 6.45) is 7.19. The van der Waals surface area contributed by atoms with Crippen LogP contribution < -0.4 is 11.1 Å². The lowest BCUT2D eigenvalue weighted by atomic mass is 9.84. The van der Waals surface area contributed by atoms with Gasteiger partial charge in [-0.3, -0.25) is 4.79 Å². The first-order chi connectivity index (χ1) is 7.15. The second kappa shape index (κ2) is 6.11. The number of hydrogen-bond donors (Lipinski definition) is 2. The Morgan fingerprint density at radius 1 is 1.40 bits per heavy atom. The highest BCUT2D eigenvalue weighted by atomic mass is 16.2. The van der Waals surface area contributed by atoms with Crippen LogP contribution in [-0.4, -0.2) is 18.0 Å². The molecule has 1 aliphatic rings. The summed E-state index contributed by atoms with van der Waals surface area (Å²) < 4.78 is 0. The van der Waals surface area contributed by atoms with E-state index < -0.39 is 0 Å². The average molecular weight is 212 g/mol. The Bertz CT molecular complexity index is 200. The molecule has 3 N–H and O–H groups in total. The third-order valence-electron chi connectivity index (χ3n) is 3.50. The SMILES string of the molecule is CC[C@H](N)C(=O)NC(C)C1CCCCC1. The van der Waals surface area contributed by atoms with Crippen LogP contribution in [0.5, 0.6) is 0 Å². The molecule has 2 atom stereocenters. The first-order valence-electron chi connectivity index (χ1n) is 6.21. The molecule has 0 aromatic carbocycles. The van der Waals surface area contributed by atoms with Crippen LogP contribution in [0.15, 0.2) is 0 Å². The van der Waals surface area contributed by atoms with Crippen LogP contribution in [-0.2, 0) is 4.79 Å². The van der Waals surface area contributed by atoms with E-state index in [1.807, 2.05) is 6.92 Å². The van der Waals surface area contributed by atoms with E-state index in [0.717, 1.165) is 0 Å². The van der Waals surface area contributed by atoms with Crippen molar-refractivity contribution in [3.05, 3.63) is 0 Å². The number of carbonyl (C=O) groups is 1. The Balaban J connectivity index is 2.33. The third-order valence-corrected chi connectivity index (χ3v) is 3.50. The summed E-state index contributed by atoms with van der Waals surface area (Å²) in [5.41, 5.74) is 5.68. The molecule has 0 aromatic rings. The summed E-state index contributed by atoms with van der Waals surface area (Å²) in [7, 11) is 0. The van der Waals surface area contributed by atoms with Crippen molar-refractivity contribution in [1.29, 1.82) is 0 Å². The van der Waals surface area contributed by atoms with E-state index in [-0.39, 0.29) is 18.0 Å². The molecule has 1 rings (SSSR count). The summed E-state index contributed by atoms with van der Waals surface area (Å²) in [6.45, 7) is 4.05. The van der Waals surface area contributed by atoms with Gasteiger partial charge in [0.2, 0.25) is 5.91 Å². The number of rotatable bonds is 4. The highest BCUT2D eigenvalue weighted by Gasteiger charge is 2.22. The molecule has 0 spiro atoms. The molecule has 0 radical (unpaired) electrons. The minimum Gasteiger partial charge on any atom is -0.352 e. The van der Waals surface area contributed by atoms with Crippen LogP contribution in [0.3, 0.4) is 0 Å². The number of nitrogens with two attached hydrogens (primary N) is 1. The maximum Gasteiger partial charge on any atom is 0.237 e. The summed E-state index contributed by atoms with van der Waals surface area (Å²) in [5.74, 6) is 0.669.